The van der Waals surface area contributed by atoms with Gasteiger partial charge in [-0.1, -0.05) is 24.6 Å². The molecule has 0 unspecified atom stereocenters. The van der Waals surface area contributed by atoms with Crippen LogP contribution in [0.25, 0.3) is 0 Å². The molecule has 0 aromatic heterocycles. The maximum absolute atomic E-state index is 2.18. The van der Waals surface area contributed by atoms with Crippen LogP contribution in [-0.4, -0.2) is 0 Å². The summed E-state index contributed by atoms with van der Waals surface area (Å²) in [4.78, 5) is 0. The lowest BCUT2D eigenvalue weighted by atomic mass is 10.1. The van der Waals surface area contributed by atoms with Crippen LogP contribution in [0.2, 0.25) is 0 Å². The maximum atomic E-state index is 2.18. The van der Waals surface area contributed by atoms with Gasteiger partial charge in [-0.25, -0.2) is 0 Å². The van der Waals surface area contributed by atoms with Crippen molar-refractivity contribution in [3.63, 3.8) is 0 Å². The summed E-state index contributed by atoms with van der Waals surface area (Å²) in [6.07, 6.45) is 7.60. The Balaban J connectivity index is 2.66. The van der Waals surface area contributed by atoms with Crippen LogP contribution in [0.15, 0.2) is 23.3 Å². The molecule has 0 saturated carbocycles. The van der Waals surface area contributed by atoms with Crippen molar-refractivity contribution in [3.8, 4) is 0 Å². The summed E-state index contributed by atoms with van der Waals surface area (Å²) in [5.41, 5.74) is 2.90. The number of hydrogen-bond donors (Lipinski definition) is 0. The molecule has 1 rings (SSSR count). The van der Waals surface area contributed by atoms with E-state index in [0.717, 1.165) is 0 Å². The summed E-state index contributed by atoms with van der Waals surface area (Å²) in [5, 5.41) is 0. The van der Waals surface area contributed by atoms with Crippen molar-refractivity contribution in [1.82, 2.24) is 0 Å². The van der Waals surface area contributed by atoms with Gasteiger partial charge in [0.25, 0.3) is 0 Å². The van der Waals surface area contributed by atoms with E-state index < -0.39 is 0 Å². The van der Waals surface area contributed by atoms with Crippen molar-refractivity contribution < 1.29 is 0 Å². The first-order valence-corrected chi connectivity index (χ1v) is 3.05. The molecule has 0 aliphatic heterocycles. The van der Waals surface area contributed by atoms with Crippen LogP contribution in [0.5, 0.6) is 0 Å². The summed E-state index contributed by atoms with van der Waals surface area (Å²) >= 11 is 0. The molecule has 0 N–H and O–H groups in total. The highest BCUT2D eigenvalue weighted by molar-refractivity contribution is 5.40. The third-order valence-corrected chi connectivity index (χ3v) is 1.53. The fourth-order valence-corrected chi connectivity index (χ4v) is 0.944. The quantitative estimate of drug-likeness (QED) is 0.483. The second-order valence-electron chi connectivity index (χ2n) is 2.09. The SMILES string of the molecule is CCC1=C[CH]C=C1C. The van der Waals surface area contributed by atoms with Gasteiger partial charge in [0.1, 0.15) is 0 Å². The minimum absolute atomic E-state index is 1.17. The molecule has 1 radical (unpaired) electrons. The van der Waals surface area contributed by atoms with Gasteiger partial charge in [0, 0.05) is 6.42 Å². The Labute approximate surface area is 50.9 Å². The molecule has 0 saturated heterocycles. The molecule has 43 valence electrons. The molecule has 0 aromatic carbocycles. The van der Waals surface area contributed by atoms with Gasteiger partial charge in [0.2, 0.25) is 0 Å². The van der Waals surface area contributed by atoms with Crippen molar-refractivity contribution in [3.05, 3.63) is 29.7 Å². The van der Waals surface area contributed by atoms with Crippen molar-refractivity contribution >= 4 is 0 Å². The lowest BCUT2D eigenvalue weighted by molar-refractivity contribution is 1.12. The zero-order valence-corrected chi connectivity index (χ0v) is 5.44. The first kappa shape index (κ1) is 5.61. The number of hydrogen-bond acceptors (Lipinski definition) is 0. The average Bonchev–Trinajstić information content (AvgIpc) is 2.14. The van der Waals surface area contributed by atoms with Gasteiger partial charge in [-0.15, -0.1) is 0 Å². The summed E-state index contributed by atoms with van der Waals surface area (Å²) in [6, 6.07) is 0. The normalized spacial score (nSPS) is 18.2. The summed E-state index contributed by atoms with van der Waals surface area (Å²) in [6.45, 7) is 4.33. The van der Waals surface area contributed by atoms with Crippen LogP contribution >= 0.6 is 0 Å². The zero-order valence-electron chi connectivity index (χ0n) is 5.44. The molecule has 0 atom stereocenters. The van der Waals surface area contributed by atoms with E-state index in [-0.39, 0.29) is 0 Å². The largest absolute Gasteiger partial charge is 0.0735 e. The molecule has 0 amide bonds. The Morgan fingerprint density at radius 2 is 2.12 bits per heavy atom. The van der Waals surface area contributed by atoms with E-state index in [1.807, 2.05) is 0 Å². The van der Waals surface area contributed by atoms with E-state index in [4.69, 9.17) is 0 Å². The summed E-state index contributed by atoms with van der Waals surface area (Å²) in [7, 11) is 0. The number of rotatable bonds is 1. The third kappa shape index (κ3) is 0.835. The Hall–Kier alpha value is -0.520. The molecule has 0 aromatic rings. The van der Waals surface area contributed by atoms with Crippen molar-refractivity contribution in [2.75, 3.05) is 0 Å². The molecule has 1 aliphatic rings. The minimum atomic E-state index is 1.17. The lowest BCUT2D eigenvalue weighted by Gasteiger charge is -1.95. The van der Waals surface area contributed by atoms with Gasteiger partial charge in [0.05, 0.1) is 0 Å². The molecule has 8 heavy (non-hydrogen) atoms. The van der Waals surface area contributed by atoms with Crippen LogP contribution in [0.1, 0.15) is 20.3 Å². The predicted molar refractivity (Wildman–Crippen MR) is 36.4 cm³/mol. The smallest absolute Gasteiger partial charge is 0.00563 e. The highest BCUT2D eigenvalue weighted by Crippen LogP contribution is 2.19. The maximum Gasteiger partial charge on any atom is 0.00563 e. The van der Waals surface area contributed by atoms with Crippen molar-refractivity contribution in [1.29, 1.82) is 0 Å². The Morgan fingerprint density at radius 1 is 1.38 bits per heavy atom. The summed E-state index contributed by atoms with van der Waals surface area (Å²) in [5.74, 6) is 0. The van der Waals surface area contributed by atoms with Crippen LogP contribution in [-0.2, 0) is 0 Å². The molecule has 0 bridgehead atoms. The topological polar surface area (TPSA) is 0 Å². The van der Waals surface area contributed by atoms with Gasteiger partial charge < -0.3 is 0 Å². The predicted octanol–water partition coefficient (Wildman–Crippen LogP) is 2.49. The first-order valence-electron chi connectivity index (χ1n) is 3.05. The van der Waals surface area contributed by atoms with Gasteiger partial charge in [0.15, 0.2) is 0 Å². The third-order valence-electron chi connectivity index (χ3n) is 1.53. The number of allylic oxidation sites excluding steroid dienone is 4. The standard InChI is InChI=1S/C8H11/c1-3-8-6-4-5-7(8)2/h4-6H,3H2,1-2H3. The minimum Gasteiger partial charge on any atom is -0.0735 e. The lowest BCUT2D eigenvalue weighted by Crippen LogP contribution is -1.75. The van der Waals surface area contributed by atoms with E-state index in [9.17, 15) is 0 Å². The molecular weight excluding hydrogens is 96.1 g/mol. The summed E-state index contributed by atoms with van der Waals surface area (Å²) < 4.78 is 0. The Kier molecular flexibility index (Phi) is 1.52. The van der Waals surface area contributed by atoms with Crippen LogP contribution in [0.4, 0.5) is 0 Å². The molecule has 0 spiro atoms. The highest BCUT2D eigenvalue weighted by Gasteiger charge is 2.00. The van der Waals surface area contributed by atoms with E-state index >= 15 is 0 Å². The van der Waals surface area contributed by atoms with E-state index in [1.165, 1.54) is 17.6 Å². The highest BCUT2D eigenvalue weighted by atomic mass is 14.1. The van der Waals surface area contributed by atoms with Crippen LogP contribution in [0, 0.1) is 6.42 Å². The fraction of sp³-hybridized carbons (Fsp3) is 0.375. The van der Waals surface area contributed by atoms with Gasteiger partial charge in [-0.05, 0) is 18.9 Å². The molecule has 0 heteroatoms. The van der Waals surface area contributed by atoms with Crippen molar-refractivity contribution in [2.45, 2.75) is 20.3 Å². The first-order chi connectivity index (χ1) is 3.84. The second kappa shape index (κ2) is 2.17. The average molecular weight is 107 g/mol. The molecular formula is C8H11. The van der Waals surface area contributed by atoms with E-state index in [2.05, 4.69) is 32.4 Å². The molecule has 0 fully saturated rings. The van der Waals surface area contributed by atoms with E-state index in [0.29, 0.717) is 0 Å². The monoisotopic (exact) mass is 107 g/mol. The van der Waals surface area contributed by atoms with Gasteiger partial charge >= 0.3 is 0 Å². The Morgan fingerprint density at radius 3 is 2.38 bits per heavy atom. The van der Waals surface area contributed by atoms with Gasteiger partial charge in [-0.3, -0.25) is 0 Å². The van der Waals surface area contributed by atoms with Crippen LogP contribution in [0.3, 0.4) is 0 Å². The van der Waals surface area contributed by atoms with Crippen LogP contribution < -0.4 is 0 Å². The molecule has 0 nitrogen and oxygen atoms in total. The molecule has 1 aliphatic carbocycles. The van der Waals surface area contributed by atoms with Crippen molar-refractivity contribution in [2.24, 2.45) is 0 Å². The zero-order chi connectivity index (χ0) is 5.98. The van der Waals surface area contributed by atoms with E-state index in [1.54, 1.807) is 0 Å². The fourth-order valence-electron chi connectivity index (χ4n) is 0.944. The second-order valence-corrected chi connectivity index (χ2v) is 2.09. The van der Waals surface area contributed by atoms with Gasteiger partial charge in [-0.2, -0.15) is 0 Å². The Bertz CT molecular complexity index is 138. The molecule has 0 heterocycles.